The molecule has 0 amide bonds. The van der Waals surface area contributed by atoms with Crippen LogP contribution in [0, 0.1) is 0 Å². The van der Waals surface area contributed by atoms with E-state index in [0.29, 0.717) is 19.6 Å². The van der Waals surface area contributed by atoms with Crippen molar-refractivity contribution in [3.8, 4) is 0 Å². The highest BCUT2D eigenvalue weighted by molar-refractivity contribution is 5.75. The summed E-state index contributed by atoms with van der Waals surface area (Å²) in [5, 5.41) is 0. The lowest BCUT2D eigenvalue weighted by molar-refractivity contribution is -0.145. The van der Waals surface area contributed by atoms with Crippen LogP contribution in [0.4, 0.5) is 0 Å². The number of hydrogen-bond acceptors (Lipinski definition) is 4. The second-order valence-corrected chi connectivity index (χ2v) is 6.95. The minimum absolute atomic E-state index is 0.255. The molecule has 4 nitrogen and oxygen atoms in total. The van der Waals surface area contributed by atoms with Crippen LogP contribution in [0.5, 0.6) is 0 Å². The van der Waals surface area contributed by atoms with Gasteiger partial charge >= 0.3 is 5.97 Å². The van der Waals surface area contributed by atoms with E-state index in [9.17, 15) is 4.79 Å². The maximum atomic E-state index is 11.7. The fraction of sp³-hybridized carbons (Fsp3) is 0.950. The molecular formula is C20H42N2O2. The Bertz CT molecular complexity index is 272. The van der Waals surface area contributed by atoms with Crippen molar-refractivity contribution < 1.29 is 9.53 Å². The minimum atomic E-state index is -0.478. The largest absolute Gasteiger partial charge is 0.465 e. The van der Waals surface area contributed by atoms with Gasteiger partial charge in [0.25, 0.3) is 0 Å². The summed E-state index contributed by atoms with van der Waals surface area (Å²) in [6.45, 7) is 3.43. The Morgan fingerprint density at radius 1 is 0.792 bits per heavy atom. The van der Waals surface area contributed by atoms with E-state index in [2.05, 4.69) is 6.92 Å². The first-order chi connectivity index (χ1) is 11.7. The molecule has 0 aromatic heterocycles. The van der Waals surface area contributed by atoms with Crippen LogP contribution >= 0.6 is 0 Å². The van der Waals surface area contributed by atoms with E-state index in [1.807, 2.05) is 0 Å². The summed E-state index contributed by atoms with van der Waals surface area (Å²) in [6, 6.07) is -0.478. The number of esters is 1. The van der Waals surface area contributed by atoms with Gasteiger partial charge in [-0.1, -0.05) is 84.0 Å². The number of rotatable bonds is 18. The van der Waals surface area contributed by atoms with E-state index < -0.39 is 6.04 Å². The summed E-state index contributed by atoms with van der Waals surface area (Å²) >= 11 is 0. The summed E-state index contributed by atoms with van der Waals surface area (Å²) in [4.78, 5) is 11.7. The lowest BCUT2D eigenvalue weighted by Crippen LogP contribution is -2.32. The van der Waals surface area contributed by atoms with Crippen LogP contribution in [0.15, 0.2) is 0 Å². The maximum absolute atomic E-state index is 11.7. The van der Waals surface area contributed by atoms with Gasteiger partial charge in [-0.25, -0.2) is 0 Å². The predicted molar refractivity (Wildman–Crippen MR) is 103 cm³/mol. The molecule has 0 fully saturated rings. The summed E-state index contributed by atoms with van der Waals surface area (Å²) in [5.74, 6) is -0.255. The summed E-state index contributed by atoms with van der Waals surface area (Å²) in [5.41, 5.74) is 11.2. The number of nitrogens with two attached hydrogens (primary N) is 2. The molecule has 0 aliphatic rings. The molecule has 0 aliphatic carbocycles. The maximum Gasteiger partial charge on any atom is 0.322 e. The van der Waals surface area contributed by atoms with Gasteiger partial charge in [0.05, 0.1) is 6.61 Å². The van der Waals surface area contributed by atoms with Gasteiger partial charge in [-0.3, -0.25) is 4.79 Å². The molecule has 0 bridgehead atoms. The molecule has 144 valence electrons. The van der Waals surface area contributed by atoms with Crippen LogP contribution in [0.1, 0.15) is 103 Å². The lowest BCUT2D eigenvalue weighted by Gasteiger charge is -2.11. The van der Waals surface area contributed by atoms with Gasteiger partial charge in [-0.05, 0) is 25.8 Å². The monoisotopic (exact) mass is 342 g/mol. The number of carbonyl (C=O) groups is 1. The molecule has 0 heterocycles. The van der Waals surface area contributed by atoms with Crippen molar-refractivity contribution in [3.05, 3.63) is 0 Å². The standard InChI is InChI=1S/C20H42N2O2/c1-2-3-4-5-6-7-8-9-10-11-12-15-18-24-20(23)19(22)16-13-14-17-21/h19H,2-18,21-22H2,1H3. The van der Waals surface area contributed by atoms with Gasteiger partial charge in [0.1, 0.15) is 6.04 Å². The minimum Gasteiger partial charge on any atom is -0.465 e. The SMILES string of the molecule is CCCCCCCCCCCCCCOC(=O)C(N)CCCCN. The molecule has 0 rings (SSSR count). The number of unbranched alkanes of at least 4 members (excludes halogenated alkanes) is 12. The molecular weight excluding hydrogens is 300 g/mol. The Kier molecular flexibility index (Phi) is 18.2. The number of ether oxygens (including phenoxy) is 1. The Hall–Kier alpha value is -0.610. The van der Waals surface area contributed by atoms with E-state index in [-0.39, 0.29) is 5.97 Å². The quantitative estimate of drug-likeness (QED) is 0.280. The predicted octanol–water partition coefficient (Wildman–Crippen LogP) is 4.69. The molecule has 4 N–H and O–H groups in total. The van der Waals surface area contributed by atoms with Gasteiger partial charge in [0.2, 0.25) is 0 Å². The summed E-state index contributed by atoms with van der Waals surface area (Å²) in [7, 11) is 0. The Morgan fingerprint density at radius 2 is 1.29 bits per heavy atom. The van der Waals surface area contributed by atoms with Gasteiger partial charge in [0, 0.05) is 0 Å². The average molecular weight is 343 g/mol. The second-order valence-electron chi connectivity index (χ2n) is 6.95. The van der Waals surface area contributed by atoms with Crippen molar-refractivity contribution in [2.24, 2.45) is 11.5 Å². The van der Waals surface area contributed by atoms with E-state index in [1.54, 1.807) is 0 Å². The van der Waals surface area contributed by atoms with Gasteiger partial charge in [-0.15, -0.1) is 0 Å². The molecule has 0 spiro atoms. The van der Waals surface area contributed by atoms with Crippen molar-refractivity contribution in [3.63, 3.8) is 0 Å². The molecule has 0 saturated heterocycles. The van der Waals surface area contributed by atoms with E-state index in [1.165, 1.54) is 64.2 Å². The van der Waals surface area contributed by atoms with Gasteiger partial charge in [0.15, 0.2) is 0 Å². The van der Waals surface area contributed by atoms with E-state index in [0.717, 1.165) is 25.7 Å². The third-order valence-corrected chi connectivity index (χ3v) is 4.51. The van der Waals surface area contributed by atoms with Crippen LogP contribution in [-0.2, 0) is 9.53 Å². The Balaban J connectivity index is 3.23. The first-order valence-corrected chi connectivity index (χ1v) is 10.3. The Morgan fingerprint density at radius 3 is 1.79 bits per heavy atom. The smallest absolute Gasteiger partial charge is 0.322 e. The highest BCUT2D eigenvalue weighted by Gasteiger charge is 2.13. The lowest BCUT2D eigenvalue weighted by atomic mass is 10.1. The third kappa shape index (κ3) is 16.3. The molecule has 1 atom stereocenters. The second kappa shape index (κ2) is 18.7. The van der Waals surface area contributed by atoms with Crippen molar-refractivity contribution in [1.82, 2.24) is 0 Å². The van der Waals surface area contributed by atoms with Crippen molar-refractivity contribution >= 4 is 5.97 Å². The van der Waals surface area contributed by atoms with Crippen molar-refractivity contribution in [2.75, 3.05) is 13.2 Å². The highest BCUT2D eigenvalue weighted by Crippen LogP contribution is 2.12. The number of carbonyl (C=O) groups excluding carboxylic acids is 1. The fourth-order valence-corrected chi connectivity index (χ4v) is 2.85. The zero-order valence-electron chi connectivity index (χ0n) is 16.1. The van der Waals surface area contributed by atoms with Crippen LogP contribution in [0.3, 0.4) is 0 Å². The normalized spacial score (nSPS) is 12.3. The zero-order chi connectivity index (χ0) is 17.9. The number of hydrogen-bond donors (Lipinski definition) is 2. The van der Waals surface area contributed by atoms with Crippen molar-refractivity contribution in [2.45, 2.75) is 109 Å². The first kappa shape index (κ1) is 23.4. The molecule has 1 unspecified atom stereocenters. The summed E-state index contributed by atoms with van der Waals surface area (Å²) < 4.78 is 5.23. The summed E-state index contributed by atoms with van der Waals surface area (Å²) in [6.07, 6.45) is 18.2. The molecule has 24 heavy (non-hydrogen) atoms. The van der Waals surface area contributed by atoms with Gasteiger partial charge < -0.3 is 16.2 Å². The molecule has 0 aromatic carbocycles. The topological polar surface area (TPSA) is 78.3 Å². The highest BCUT2D eigenvalue weighted by atomic mass is 16.5. The average Bonchev–Trinajstić information content (AvgIpc) is 2.58. The van der Waals surface area contributed by atoms with Crippen LogP contribution in [-0.4, -0.2) is 25.2 Å². The van der Waals surface area contributed by atoms with E-state index >= 15 is 0 Å². The molecule has 0 aromatic rings. The molecule has 0 radical (unpaired) electrons. The fourth-order valence-electron chi connectivity index (χ4n) is 2.85. The molecule has 0 saturated carbocycles. The van der Waals surface area contributed by atoms with E-state index in [4.69, 9.17) is 16.2 Å². The van der Waals surface area contributed by atoms with Crippen LogP contribution in [0.2, 0.25) is 0 Å². The first-order valence-electron chi connectivity index (χ1n) is 10.3. The van der Waals surface area contributed by atoms with Crippen molar-refractivity contribution in [1.29, 1.82) is 0 Å². The third-order valence-electron chi connectivity index (χ3n) is 4.51. The van der Waals surface area contributed by atoms with Gasteiger partial charge in [-0.2, -0.15) is 0 Å². The van der Waals surface area contributed by atoms with Crippen LogP contribution in [0.25, 0.3) is 0 Å². The zero-order valence-corrected chi connectivity index (χ0v) is 16.1. The molecule has 4 heteroatoms. The molecule has 0 aliphatic heterocycles. The Labute approximate surface area is 150 Å². The van der Waals surface area contributed by atoms with Crippen LogP contribution < -0.4 is 11.5 Å².